The van der Waals surface area contributed by atoms with Crippen LogP contribution in [-0.4, -0.2) is 29.9 Å². The summed E-state index contributed by atoms with van der Waals surface area (Å²) in [5.41, 5.74) is 0.611. The average Bonchev–Trinajstić information content (AvgIpc) is 3.12. The molecule has 1 aromatic carbocycles. The van der Waals surface area contributed by atoms with Crippen molar-refractivity contribution in [2.45, 2.75) is 13.8 Å². The monoisotopic (exact) mass is 448 g/mol. The number of nitriles is 2. The molecule has 3 aromatic rings. The number of ether oxygens (including phenoxy) is 3. The molecule has 2 aromatic heterocycles. The maximum absolute atomic E-state index is 13.3. The van der Waals surface area contributed by atoms with Gasteiger partial charge in [-0.1, -0.05) is 6.07 Å². The summed E-state index contributed by atoms with van der Waals surface area (Å²) >= 11 is 1.06. The maximum Gasteiger partial charge on any atom is 0.273 e. The van der Waals surface area contributed by atoms with Gasteiger partial charge in [0.25, 0.3) is 5.56 Å². The molecule has 0 aliphatic rings. The highest BCUT2D eigenvalue weighted by atomic mass is 32.1. The van der Waals surface area contributed by atoms with Gasteiger partial charge in [-0.05, 0) is 43.7 Å². The Morgan fingerprint density at radius 3 is 2.44 bits per heavy atom. The molecule has 0 fully saturated rings. The Labute approximate surface area is 188 Å². The summed E-state index contributed by atoms with van der Waals surface area (Å²) in [5, 5.41) is 18.8. The molecule has 3 rings (SSSR count). The Kier molecular flexibility index (Phi) is 7.27. The van der Waals surface area contributed by atoms with Gasteiger partial charge in [0.15, 0.2) is 17.1 Å². The van der Waals surface area contributed by atoms with Crippen molar-refractivity contribution in [2.75, 3.05) is 20.3 Å². The van der Waals surface area contributed by atoms with Crippen molar-refractivity contribution in [1.29, 1.82) is 10.5 Å². The fourth-order valence-corrected chi connectivity index (χ4v) is 3.99. The number of hydrogen-bond acceptors (Lipinski definition) is 8. The molecule has 162 valence electrons. The van der Waals surface area contributed by atoms with Crippen LogP contribution in [0.1, 0.15) is 19.4 Å². The number of nitrogens with zero attached hydrogens (tertiary/aromatic N) is 4. The van der Waals surface area contributed by atoms with E-state index < -0.39 is 0 Å². The first-order valence-corrected chi connectivity index (χ1v) is 10.6. The first kappa shape index (κ1) is 22.6. The van der Waals surface area contributed by atoms with Gasteiger partial charge in [0.05, 0.1) is 36.7 Å². The molecule has 0 spiro atoms. The van der Waals surface area contributed by atoms with E-state index in [9.17, 15) is 15.3 Å². The van der Waals surface area contributed by atoms with Gasteiger partial charge in [0.2, 0.25) is 5.88 Å². The minimum absolute atomic E-state index is 0.163. The third-order valence-electron chi connectivity index (χ3n) is 4.31. The number of rotatable bonds is 7. The molecule has 9 heteroatoms. The van der Waals surface area contributed by atoms with E-state index >= 15 is 0 Å². The van der Waals surface area contributed by atoms with Gasteiger partial charge in [-0.2, -0.15) is 10.5 Å². The Morgan fingerprint density at radius 1 is 1.12 bits per heavy atom. The van der Waals surface area contributed by atoms with Crippen molar-refractivity contribution in [1.82, 2.24) is 9.55 Å². The summed E-state index contributed by atoms with van der Waals surface area (Å²) in [5.74, 6) is 1.57. The number of benzene rings is 1. The largest absolute Gasteiger partial charge is 0.490 e. The molecular formula is C23H20N4O4S. The second kappa shape index (κ2) is 10.3. The van der Waals surface area contributed by atoms with E-state index in [0.717, 1.165) is 16.9 Å². The summed E-state index contributed by atoms with van der Waals surface area (Å²) in [7, 11) is 1.49. The van der Waals surface area contributed by atoms with Crippen LogP contribution >= 0.6 is 11.3 Å². The Morgan fingerprint density at radius 2 is 1.84 bits per heavy atom. The quantitative estimate of drug-likeness (QED) is 0.544. The highest BCUT2D eigenvalue weighted by Crippen LogP contribution is 2.28. The fourth-order valence-electron chi connectivity index (χ4n) is 2.94. The number of thiazole rings is 1. The zero-order valence-electron chi connectivity index (χ0n) is 17.8. The number of methoxy groups -OCH3 is 1. The topological polar surface area (TPSA) is 110 Å². The summed E-state index contributed by atoms with van der Waals surface area (Å²) in [6.45, 7) is 4.73. The molecule has 0 aliphatic heterocycles. The molecule has 0 aliphatic carbocycles. The third kappa shape index (κ3) is 4.64. The van der Waals surface area contributed by atoms with Crippen molar-refractivity contribution in [3.63, 3.8) is 0 Å². The van der Waals surface area contributed by atoms with Crippen LogP contribution in [0.5, 0.6) is 17.4 Å². The summed E-state index contributed by atoms with van der Waals surface area (Å²) in [6, 6.07) is 12.3. The van der Waals surface area contributed by atoms with Crippen LogP contribution in [0.3, 0.4) is 0 Å². The first-order valence-electron chi connectivity index (χ1n) is 9.74. The Hall–Kier alpha value is -4.08. The van der Waals surface area contributed by atoms with E-state index in [1.807, 2.05) is 32.1 Å². The Balaban J connectivity index is 2.25. The molecular weight excluding hydrogens is 428 g/mol. The van der Waals surface area contributed by atoms with Gasteiger partial charge in [-0.25, -0.2) is 4.98 Å². The normalized spacial score (nSPS) is 10.8. The van der Waals surface area contributed by atoms with Crippen LogP contribution in [0.15, 0.2) is 41.3 Å². The molecule has 0 unspecified atom stereocenters. The molecule has 0 saturated carbocycles. The lowest BCUT2D eigenvalue weighted by molar-refractivity contribution is 0.287. The van der Waals surface area contributed by atoms with Crippen LogP contribution in [0.2, 0.25) is 0 Å². The lowest BCUT2D eigenvalue weighted by Gasteiger charge is -2.11. The van der Waals surface area contributed by atoms with Gasteiger partial charge in [-0.15, -0.1) is 11.3 Å². The predicted octanol–water partition coefficient (Wildman–Crippen LogP) is 2.13. The molecule has 0 amide bonds. The fraction of sp³-hybridized carbons (Fsp3) is 0.217. The van der Waals surface area contributed by atoms with Crippen LogP contribution in [0.4, 0.5) is 0 Å². The molecule has 0 saturated heterocycles. The summed E-state index contributed by atoms with van der Waals surface area (Å²) in [6.07, 6.45) is 3.14. The maximum atomic E-state index is 13.3. The average molecular weight is 449 g/mol. The highest BCUT2D eigenvalue weighted by molar-refractivity contribution is 7.07. The number of aromatic nitrogens is 2. The smallest absolute Gasteiger partial charge is 0.273 e. The van der Waals surface area contributed by atoms with Crippen LogP contribution in [0.25, 0.3) is 17.3 Å². The second-order valence-corrected chi connectivity index (χ2v) is 7.32. The van der Waals surface area contributed by atoms with Crippen molar-refractivity contribution in [2.24, 2.45) is 0 Å². The lowest BCUT2D eigenvalue weighted by Crippen LogP contribution is -2.30. The molecule has 0 atom stereocenters. The number of hydrogen-bond donors (Lipinski definition) is 0. The molecule has 32 heavy (non-hydrogen) atoms. The van der Waals surface area contributed by atoms with Crippen molar-refractivity contribution < 1.29 is 14.2 Å². The van der Waals surface area contributed by atoms with E-state index in [0.29, 0.717) is 40.8 Å². The minimum atomic E-state index is -0.369. The number of pyridine rings is 1. The Bertz CT molecular complexity index is 1360. The third-order valence-corrected chi connectivity index (χ3v) is 5.41. The van der Waals surface area contributed by atoms with Gasteiger partial charge >= 0.3 is 0 Å². The van der Waals surface area contributed by atoms with E-state index in [2.05, 4.69) is 4.98 Å². The molecule has 2 heterocycles. The zero-order valence-corrected chi connectivity index (χ0v) is 18.6. The van der Waals surface area contributed by atoms with Crippen LogP contribution in [-0.2, 0) is 0 Å². The highest BCUT2D eigenvalue weighted by Gasteiger charge is 2.12. The van der Waals surface area contributed by atoms with Gasteiger partial charge in [0.1, 0.15) is 16.8 Å². The van der Waals surface area contributed by atoms with E-state index in [1.165, 1.54) is 17.9 Å². The summed E-state index contributed by atoms with van der Waals surface area (Å²) < 4.78 is 18.2. The van der Waals surface area contributed by atoms with Crippen LogP contribution < -0.4 is 29.0 Å². The van der Waals surface area contributed by atoms with E-state index in [1.54, 1.807) is 30.3 Å². The van der Waals surface area contributed by atoms with Crippen molar-refractivity contribution in [3.05, 3.63) is 61.6 Å². The standard InChI is InChI=1S/C23H20N4O4S/c1-4-30-18-8-6-15(10-19(18)31-5-2)11-20-22(28)27(23(32-20)16(12-24)13-25)17-7-9-21(29-3)26-14-17/h6-11,14H,4-5H2,1-3H3/b20-11+. The minimum Gasteiger partial charge on any atom is -0.490 e. The zero-order chi connectivity index (χ0) is 23.1. The van der Waals surface area contributed by atoms with Gasteiger partial charge in [-0.3, -0.25) is 9.36 Å². The van der Waals surface area contributed by atoms with Gasteiger partial charge in [0, 0.05) is 6.07 Å². The van der Waals surface area contributed by atoms with E-state index in [-0.39, 0.29) is 15.8 Å². The molecule has 0 radical (unpaired) electrons. The van der Waals surface area contributed by atoms with E-state index in [4.69, 9.17) is 14.2 Å². The molecule has 8 nitrogen and oxygen atoms in total. The summed E-state index contributed by atoms with van der Waals surface area (Å²) in [4.78, 5) is 17.4. The molecule has 0 bridgehead atoms. The van der Waals surface area contributed by atoms with Gasteiger partial charge < -0.3 is 14.2 Å². The van der Waals surface area contributed by atoms with Crippen LogP contribution in [0, 0.1) is 22.7 Å². The lowest BCUT2D eigenvalue weighted by atomic mass is 10.2. The van der Waals surface area contributed by atoms with Crippen molar-refractivity contribution >= 4 is 23.0 Å². The SMILES string of the molecule is CCOc1ccc(/C=c2/sc(=C(C#N)C#N)n(-c3ccc(OC)nc3)c2=O)cc1OCC. The van der Waals surface area contributed by atoms with Crippen molar-refractivity contribution in [3.8, 4) is 35.2 Å². The second-order valence-electron chi connectivity index (χ2n) is 6.29. The molecule has 0 N–H and O–H groups in total. The predicted molar refractivity (Wildman–Crippen MR) is 120 cm³/mol. The first-order chi connectivity index (χ1) is 15.6.